The predicted octanol–water partition coefficient (Wildman–Crippen LogP) is 4.14. The average Bonchev–Trinajstić information content (AvgIpc) is 2.65. The SMILES string of the molecule is CC(c1ccccc1)C1CC(=O)N(SC(Cl)(Cl)Cl)C1=O. The van der Waals surface area contributed by atoms with Crippen molar-refractivity contribution in [2.75, 3.05) is 0 Å². The fourth-order valence-corrected chi connectivity index (χ4v) is 3.44. The summed E-state index contributed by atoms with van der Waals surface area (Å²) in [4.78, 5) is 24.2. The molecular weight excluding hydrogens is 341 g/mol. The van der Waals surface area contributed by atoms with E-state index < -0.39 is 9.04 Å². The third-order valence-corrected chi connectivity index (χ3v) is 4.66. The highest BCUT2D eigenvalue weighted by atomic mass is 35.6. The highest BCUT2D eigenvalue weighted by Gasteiger charge is 2.45. The third-order valence-electron chi connectivity index (χ3n) is 3.26. The molecule has 1 heterocycles. The van der Waals surface area contributed by atoms with Crippen LogP contribution in [0.3, 0.4) is 0 Å². The fourth-order valence-electron chi connectivity index (χ4n) is 2.21. The summed E-state index contributed by atoms with van der Waals surface area (Å²) in [6.07, 6.45) is 0.142. The van der Waals surface area contributed by atoms with Crippen LogP contribution in [0.5, 0.6) is 0 Å². The molecule has 0 saturated carbocycles. The number of imide groups is 1. The van der Waals surface area contributed by atoms with Crippen LogP contribution in [-0.2, 0) is 9.59 Å². The first kappa shape index (κ1) is 16.0. The second kappa shape index (κ2) is 6.14. The molecule has 108 valence electrons. The van der Waals surface area contributed by atoms with Gasteiger partial charge in [-0.05, 0) is 11.5 Å². The minimum Gasteiger partial charge on any atom is -0.273 e. The van der Waals surface area contributed by atoms with Crippen LogP contribution in [0.1, 0.15) is 24.8 Å². The maximum Gasteiger partial charge on any atom is 0.256 e. The van der Waals surface area contributed by atoms with Crippen LogP contribution in [0.25, 0.3) is 0 Å². The number of amides is 2. The summed E-state index contributed by atoms with van der Waals surface area (Å²) in [5.41, 5.74) is 1.01. The number of hydrogen-bond donors (Lipinski definition) is 0. The number of nitrogens with zero attached hydrogens (tertiary/aromatic N) is 1. The number of carbonyl (C=O) groups is 2. The van der Waals surface area contributed by atoms with E-state index in [0.29, 0.717) is 11.9 Å². The monoisotopic (exact) mass is 351 g/mol. The first-order valence-corrected chi connectivity index (χ1v) is 7.88. The highest BCUT2D eigenvalue weighted by Crippen LogP contribution is 2.45. The molecule has 2 rings (SSSR count). The summed E-state index contributed by atoms with van der Waals surface area (Å²) in [5.74, 6) is -1.10. The van der Waals surface area contributed by atoms with E-state index in [0.717, 1.165) is 9.87 Å². The Hall–Kier alpha value is -0.420. The van der Waals surface area contributed by atoms with Crippen molar-refractivity contribution in [2.45, 2.75) is 22.4 Å². The van der Waals surface area contributed by atoms with Crippen LogP contribution in [0, 0.1) is 5.92 Å². The lowest BCUT2D eigenvalue weighted by Crippen LogP contribution is -2.28. The minimum absolute atomic E-state index is 0.0615. The average molecular weight is 353 g/mol. The smallest absolute Gasteiger partial charge is 0.256 e. The van der Waals surface area contributed by atoms with E-state index in [2.05, 4.69) is 0 Å². The largest absolute Gasteiger partial charge is 0.273 e. The first-order valence-electron chi connectivity index (χ1n) is 5.97. The Morgan fingerprint density at radius 2 is 1.85 bits per heavy atom. The quantitative estimate of drug-likeness (QED) is 0.466. The summed E-state index contributed by atoms with van der Waals surface area (Å²) < 4.78 is -0.757. The van der Waals surface area contributed by atoms with Crippen molar-refractivity contribution in [1.82, 2.24) is 4.31 Å². The van der Waals surface area contributed by atoms with Gasteiger partial charge in [0.2, 0.25) is 11.8 Å². The molecule has 3 nitrogen and oxygen atoms in total. The van der Waals surface area contributed by atoms with Gasteiger partial charge in [-0.2, -0.15) is 0 Å². The normalized spacial score (nSPS) is 21.4. The molecule has 20 heavy (non-hydrogen) atoms. The van der Waals surface area contributed by atoms with E-state index in [1.807, 2.05) is 37.3 Å². The molecule has 0 aliphatic carbocycles. The molecule has 2 atom stereocenters. The Morgan fingerprint density at radius 3 is 2.40 bits per heavy atom. The number of alkyl halides is 3. The Balaban J connectivity index is 2.16. The van der Waals surface area contributed by atoms with Crippen LogP contribution in [0.4, 0.5) is 0 Å². The second-order valence-corrected chi connectivity index (χ2v) is 8.69. The van der Waals surface area contributed by atoms with Gasteiger partial charge in [0.1, 0.15) is 0 Å². The van der Waals surface area contributed by atoms with Crippen LogP contribution in [0.15, 0.2) is 30.3 Å². The molecule has 0 spiro atoms. The van der Waals surface area contributed by atoms with Gasteiger partial charge in [-0.25, -0.2) is 4.31 Å². The van der Waals surface area contributed by atoms with Crippen molar-refractivity contribution in [1.29, 1.82) is 0 Å². The van der Waals surface area contributed by atoms with Gasteiger partial charge in [0.05, 0.1) is 5.92 Å². The van der Waals surface area contributed by atoms with E-state index in [-0.39, 0.29) is 24.2 Å². The molecular formula is C13H12Cl3NO2S. The molecule has 2 unspecified atom stereocenters. The standard InChI is InChI=1S/C13H12Cl3NO2S/c1-8(9-5-3-2-4-6-9)10-7-11(18)17(12(10)19)20-13(14,15)16/h2-6,8,10H,7H2,1H3. The van der Waals surface area contributed by atoms with E-state index in [1.54, 1.807) is 0 Å². The van der Waals surface area contributed by atoms with E-state index in [9.17, 15) is 9.59 Å². The minimum atomic E-state index is -1.73. The van der Waals surface area contributed by atoms with E-state index in [4.69, 9.17) is 34.8 Å². The Morgan fingerprint density at radius 1 is 1.25 bits per heavy atom. The molecule has 1 aliphatic rings. The number of rotatable bonds is 3. The highest BCUT2D eigenvalue weighted by molar-refractivity contribution is 8.03. The van der Waals surface area contributed by atoms with Gasteiger partial charge in [-0.3, -0.25) is 9.59 Å². The lowest BCUT2D eigenvalue weighted by atomic mass is 9.86. The van der Waals surface area contributed by atoms with E-state index >= 15 is 0 Å². The molecule has 2 amide bonds. The van der Waals surface area contributed by atoms with Crippen molar-refractivity contribution in [2.24, 2.45) is 5.92 Å². The Labute approximate surface area is 136 Å². The summed E-state index contributed by atoms with van der Waals surface area (Å²) in [7, 11) is 0. The molecule has 1 fully saturated rings. The van der Waals surface area contributed by atoms with Gasteiger partial charge < -0.3 is 0 Å². The predicted molar refractivity (Wildman–Crippen MR) is 82.7 cm³/mol. The number of hydrogen-bond acceptors (Lipinski definition) is 3. The molecule has 0 aromatic heterocycles. The molecule has 1 aliphatic heterocycles. The maximum absolute atomic E-state index is 12.3. The van der Waals surface area contributed by atoms with Gasteiger partial charge in [0, 0.05) is 18.4 Å². The number of benzene rings is 1. The number of carbonyl (C=O) groups excluding carboxylic acids is 2. The van der Waals surface area contributed by atoms with Crippen molar-refractivity contribution in [3.8, 4) is 0 Å². The van der Waals surface area contributed by atoms with Crippen LogP contribution >= 0.6 is 46.8 Å². The number of halogens is 3. The van der Waals surface area contributed by atoms with Crippen molar-refractivity contribution in [3.05, 3.63) is 35.9 Å². The topological polar surface area (TPSA) is 37.4 Å². The molecule has 1 aromatic rings. The summed E-state index contributed by atoms with van der Waals surface area (Å²) in [6.45, 7) is 1.93. The molecule has 0 N–H and O–H groups in total. The molecule has 7 heteroatoms. The zero-order valence-electron chi connectivity index (χ0n) is 10.6. The summed E-state index contributed by atoms with van der Waals surface area (Å²) >= 11 is 17.5. The molecule has 0 radical (unpaired) electrons. The van der Waals surface area contributed by atoms with Crippen LogP contribution < -0.4 is 0 Å². The summed E-state index contributed by atoms with van der Waals surface area (Å²) in [5, 5.41) is 0. The zero-order valence-corrected chi connectivity index (χ0v) is 13.6. The third kappa shape index (κ3) is 3.61. The Kier molecular flexibility index (Phi) is 4.90. The molecule has 1 aromatic carbocycles. The van der Waals surface area contributed by atoms with Gasteiger partial charge in [-0.1, -0.05) is 72.1 Å². The molecule has 1 saturated heterocycles. The van der Waals surface area contributed by atoms with Crippen molar-refractivity contribution < 1.29 is 9.59 Å². The maximum atomic E-state index is 12.3. The van der Waals surface area contributed by atoms with Crippen molar-refractivity contribution in [3.63, 3.8) is 0 Å². The molecule has 0 bridgehead atoms. The van der Waals surface area contributed by atoms with Gasteiger partial charge in [0.25, 0.3) is 3.12 Å². The Bertz CT molecular complexity index is 518. The van der Waals surface area contributed by atoms with Gasteiger partial charge in [-0.15, -0.1) is 0 Å². The van der Waals surface area contributed by atoms with Crippen LogP contribution in [-0.4, -0.2) is 19.2 Å². The lowest BCUT2D eigenvalue weighted by molar-refractivity contribution is -0.132. The second-order valence-electron chi connectivity index (χ2n) is 4.57. The summed E-state index contributed by atoms with van der Waals surface area (Å²) in [6, 6.07) is 9.59. The van der Waals surface area contributed by atoms with Gasteiger partial charge >= 0.3 is 0 Å². The van der Waals surface area contributed by atoms with Gasteiger partial charge in [0.15, 0.2) is 0 Å². The first-order chi connectivity index (χ1) is 9.29. The van der Waals surface area contributed by atoms with E-state index in [1.165, 1.54) is 0 Å². The van der Waals surface area contributed by atoms with Crippen molar-refractivity contribution >= 4 is 58.6 Å². The zero-order chi connectivity index (χ0) is 14.9. The fraction of sp³-hybridized carbons (Fsp3) is 0.385. The van der Waals surface area contributed by atoms with Crippen LogP contribution in [0.2, 0.25) is 0 Å². The lowest BCUT2D eigenvalue weighted by Gasteiger charge is -2.20.